The first-order valence-corrected chi connectivity index (χ1v) is 6.54. The molecule has 94 valence electrons. The van der Waals surface area contributed by atoms with Gasteiger partial charge >= 0.3 is 0 Å². The summed E-state index contributed by atoms with van der Waals surface area (Å²) in [5.74, 6) is -0.0579. The molecule has 17 heavy (non-hydrogen) atoms. The van der Waals surface area contributed by atoms with Crippen LogP contribution in [0.25, 0.3) is 0 Å². The number of thioether (sulfide) groups is 1. The Morgan fingerprint density at radius 3 is 2.94 bits per heavy atom. The summed E-state index contributed by atoms with van der Waals surface area (Å²) in [6.45, 7) is 1.99. The maximum absolute atomic E-state index is 11.2. The second kappa shape index (κ2) is 6.46. The first-order chi connectivity index (χ1) is 8.10. The first-order valence-electron chi connectivity index (χ1n) is 5.25. The van der Waals surface area contributed by atoms with Crippen LogP contribution in [0.4, 0.5) is 5.82 Å². The van der Waals surface area contributed by atoms with Gasteiger partial charge < -0.3 is 16.2 Å². The normalized spacial score (nSPS) is 14.1. The fourth-order valence-electron chi connectivity index (χ4n) is 1.46. The molecule has 0 saturated heterocycles. The quantitative estimate of drug-likeness (QED) is 0.696. The zero-order valence-corrected chi connectivity index (χ0v) is 10.7. The summed E-state index contributed by atoms with van der Waals surface area (Å²) in [5.41, 5.74) is 5.62. The van der Waals surface area contributed by atoms with Crippen molar-refractivity contribution in [3.05, 3.63) is 23.9 Å². The fraction of sp³-hybridized carbons (Fsp3) is 0.455. The number of amides is 1. The maximum Gasteiger partial charge on any atom is 0.252 e. The summed E-state index contributed by atoms with van der Waals surface area (Å²) < 4.78 is 0. The van der Waals surface area contributed by atoms with E-state index in [1.807, 2.05) is 13.2 Å². The van der Waals surface area contributed by atoms with E-state index in [1.165, 1.54) is 0 Å². The van der Waals surface area contributed by atoms with E-state index in [2.05, 4.69) is 10.3 Å². The molecule has 1 aromatic heterocycles. The lowest BCUT2D eigenvalue weighted by Crippen LogP contribution is -2.32. The minimum atomic E-state index is -0.516. The molecule has 1 aromatic rings. The Kier molecular flexibility index (Phi) is 5.24. The highest BCUT2D eigenvalue weighted by Gasteiger charge is 2.17. The Balaban J connectivity index is 2.84. The lowest BCUT2D eigenvalue weighted by Gasteiger charge is -2.22. The van der Waals surface area contributed by atoms with Crippen molar-refractivity contribution < 1.29 is 9.90 Å². The van der Waals surface area contributed by atoms with Gasteiger partial charge in [0.05, 0.1) is 12.2 Å². The zero-order chi connectivity index (χ0) is 12.8. The van der Waals surface area contributed by atoms with Crippen LogP contribution in [-0.2, 0) is 0 Å². The Hall–Kier alpha value is -1.27. The molecular formula is C11H17N3O2S. The van der Waals surface area contributed by atoms with Gasteiger partial charge in [0.25, 0.3) is 5.91 Å². The molecule has 0 fully saturated rings. The van der Waals surface area contributed by atoms with Crippen molar-refractivity contribution in [2.24, 2.45) is 5.73 Å². The lowest BCUT2D eigenvalue weighted by atomic mass is 10.2. The Morgan fingerprint density at radius 1 is 1.71 bits per heavy atom. The van der Waals surface area contributed by atoms with Crippen LogP contribution >= 0.6 is 11.8 Å². The molecule has 6 heteroatoms. The molecule has 0 aliphatic rings. The van der Waals surface area contributed by atoms with Gasteiger partial charge in [-0.15, -0.1) is 0 Å². The molecule has 0 aliphatic carbocycles. The molecule has 5 nitrogen and oxygen atoms in total. The molecule has 0 aromatic carbocycles. The highest BCUT2D eigenvalue weighted by atomic mass is 32.2. The summed E-state index contributed by atoms with van der Waals surface area (Å²) in [6.07, 6.45) is 3.51. The second-order valence-electron chi connectivity index (χ2n) is 3.65. The number of pyridine rings is 1. The molecule has 0 saturated carbocycles. The number of aromatic nitrogens is 1. The molecule has 0 aliphatic heterocycles. The van der Waals surface area contributed by atoms with E-state index in [0.29, 0.717) is 11.4 Å². The van der Waals surface area contributed by atoms with Crippen molar-refractivity contribution in [1.29, 1.82) is 0 Å². The molecule has 1 heterocycles. The molecular weight excluding hydrogens is 238 g/mol. The summed E-state index contributed by atoms with van der Waals surface area (Å²) in [6, 6.07) is 3.27. The second-order valence-corrected chi connectivity index (χ2v) is 4.73. The van der Waals surface area contributed by atoms with E-state index in [-0.39, 0.29) is 17.9 Å². The number of hydrogen-bond acceptors (Lipinski definition) is 5. The molecule has 0 spiro atoms. The number of anilines is 1. The van der Waals surface area contributed by atoms with Crippen LogP contribution in [-0.4, -0.2) is 40.2 Å². The predicted octanol–water partition coefficient (Wildman–Crippen LogP) is 0.705. The van der Waals surface area contributed by atoms with E-state index < -0.39 is 5.91 Å². The van der Waals surface area contributed by atoms with Crippen LogP contribution in [0.15, 0.2) is 18.3 Å². The van der Waals surface area contributed by atoms with Gasteiger partial charge in [-0.05, 0) is 25.3 Å². The van der Waals surface area contributed by atoms with Gasteiger partial charge in [0.2, 0.25) is 0 Å². The van der Waals surface area contributed by atoms with E-state index in [1.54, 1.807) is 30.1 Å². The minimum absolute atomic E-state index is 0.0111. The highest BCUT2D eigenvalue weighted by molar-refractivity contribution is 7.99. The Bertz CT molecular complexity index is 383. The van der Waals surface area contributed by atoms with Gasteiger partial charge in [-0.25, -0.2) is 4.98 Å². The van der Waals surface area contributed by atoms with Gasteiger partial charge in [-0.2, -0.15) is 11.8 Å². The molecule has 2 unspecified atom stereocenters. The van der Waals surface area contributed by atoms with Crippen LogP contribution in [0.2, 0.25) is 0 Å². The smallest absolute Gasteiger partial charge is 0.252 e. The number of primary amides is 1. The van der Waals surface area contributed by atoms with Gasteiger partial charge in [-0.1, -0.05) is 0 Å². The zero-order valence-electron chi connectivity index (χ0n) is 9.88. The summed E-state index contributed by atoms with van der Waals surface area (Å²) in [7, 11) is 0. The number of hydrogen-bond donors (Lipinski definition) is 3. The van der Waals surface area contributed by atoms with Crippen LogP contribution in [0, 0.1) is 0 Å². The molecule has 1 amide bonds. The SMILES string of the molecule is CSC(CO)C(C)Nc1ncccc1C(N)=O. The molecule has 4 N–H and O–H groups in total. The van der Waals surface area contributed by atoms with E-state index >= 15 is 0 Å². The Morgan fingerprint density at radius 2 is 2.41 bits per heavy atom. The van der Waals surface area contributed by atoms with Crippen LogP contribution < -0.4 is 11.1 Å². The van der Waals surface area contributed by atoms with Gasteiger partial charge in [0.15, 0.2) is 0 Å². The predicted molar refractivity (Wildman–Crippen MR) is 70.2 cm³/mol. The largest absolute Gasteiger partial charge is 0.395 e. The monoisotopic (exact) mass is 255 g/mol. The summed E-state index contributed by atoms with van der Waals surface area (Å²) >= 11 is 1.56. The van der Waals surface area contributed by atoms with Crippen molar-refractivity contribution in [2.45, 2.75) is 18.2 Å². The topological polar surface area (TPSA) is 88.2 Å². The molecule has 0 bridgehead atoms. The van der Waals surface area contributed by atoms with Crippen molar-refractivity contribution >= 4 is 23.5 Å². The van der Waals surface area contributed by atoms with Crippen LogP contribution in [0.5, 0.6) is 0 Å². The standard InChI is InChI=1S/C11H17N3O2S/c1-7(9(6-15)17-2)14-11-8(10(12)16)4-3-5-13-11/h3-5,7,9,15H,6H2,1-2H3,(H2,12,16)(H,13,14). The number of nitrogens with zero attached hydrogens (tertiary/aromatic N) is 1. The summed E-state index contributed by atoms with van der Waals surface area (Å²) in [5, 5.41) is 12.3. The average Bonchev–Trinajstić information content (AvgIpc) is 2.31. The first kappa shape index (κ1) is 13.8. The van der Waals surface area contributed by atoms with Crippen molar-refractivity contribution in [3.63, 3.8) is 0 Å². The third-order valence-electron chi connectivity index (χ3n) is 2.48. The van der Waals surface area contributed by atoms with Gasteiger partial charge in [0.1, 0.15) is 5.82 Å². The molecule has 1 rings (SSSR count). The number of nitrogens with one attached hydrogen (secondary N) is 1. The number of nitrogens with two attached hydrogens (primary N) is 1. The number of rotatable bonds is 6. The van der Waals surface area contributed by atoms with Crippen molar-refractivity contribution in [3.8, 4) is 0 Å². The third-order valence-corrected chi connectivity index (χ3v) is 3.64. The lowest BCUT2D eigenvalue weighted by molar-refractivity contribution is 0.100. The maximum atomic E-state index is 11.2. The third kappa shape index (κ3) is 3.61. The van der Waals surface area contributed by atoms with E-state index in [9.17, 15) is 9.90 Å². The van der Waals surface area contributed by atoms with Crippen LogP contribution in [0.1, 0.15) is 17.3 Å². The number of carbonyl (C=O) groups is 1. The average molecular weight is 255 g/mol. The number of aliphatic hydroxyl groups excluding tert-OH is 1. The molecule has 2 atom stereocenters. The molecule has 0 radical (unpaired) electrons. The van der Waals surface area contributed by atoms with Crippen molar-refractivity contribution in [1.82, 2.24) is 4.98 Å². The minimum Gasteiger partial charge on any atom is -0.395 e. The Labute approximate surface area is 105 Å². The van der Waals surface area contributed by atoms with E-state index in [4.69, 9.17) is 5.73 Å². The van der Waals surface area contributed by atoms with Gasteiger partial charge in [0, 0.05) is 17.5 Å². The fourth-order valence-corrected chi connectivity index (χ4v) is 2.09. The van der Waals surface area contributed by atoms with Gasteiger partial charge in [-0.3, -0.25) is 4.79 Å². The van der Waals surface area contributed by atoms with Crippen molar-refractivity contribution in [2.75, 3.05) is 18.2 Å². The number of carbonyl (C=O) groups excluding carboxylic acids is 1. The number of aliphatic hydroxyl groups is 1. The highest BCUT2D eigenvalue weighted by Crippen LogP contribution is 2.17. The van der Waals surface area contributed by atoms with Crippen LogP contribution in [0.3, 0.4) is 0 Å². The summed E-state index contributed by atoms with van der Waals surface area (Å²) in [4.78, 5) is 15.3. The van der Waals surface area contributed by atoms with E-state index in [0.717, 1.165) is 0 Å².